The van der Waals surface area contributed by atoms with Crippen LogP contribution in [0.2, 0.25) is 0 Å². The second-order valence-corrected chi connectivity index (χ2v) is 4.21. The van der Waals surface area contributed by atoms with E-state index in [9.17, 15) is 0 Å². The number of aromatic nitrogens is 2. The molecule has 0 aliphatic rings. The van der Waals surface area contributed by atoms with Crippen molar-refractivity contribution in [1.29, 1.82) is 0 Å². The highest BCUT2D eigenvalue weighted by Gasteiger charge is 1.98. The molecule has 0 saturated heterocycles. The van der Waals surface area contributed by atoms with Gasteiger partial charge in [-0.25, -0.2) is 9.36 Å². The molecule has 4 heteroatoms. The molecule has 1 N–H and O–H groups in total. The van der Waals surface area contributed by atoms with Gasteiger partial charge in [0, 0.05) is 29.4 Å². The fraction of sp³-hybridized carbons (Fsp3) is 0.273. The highest BCUT2D eigenvalue weighted by Crippen LogP contribution is 2.11. The first-order valence-corrected chi connectivity index (χ1v) is 5.65. The zero-order valence-corrected chi connectivity index (χ0v) is 9.64. The van der Waals surface area contributed by atoms with Crippen LogP contribution in [-0.4, -0.2) is 9.36 Å². The molecular formula is C11H13N3S. The average molecular weight is 219 g/mol. The number of pyridine rings is 1. The molecule has 0 unspecified atom stereocenters. The molecule has 2 rings (SSSR count). The van der Waals surface area contributed by atoms with Gasteiger partial charge >= 0.3 is 0 Å². The van der Waals surface area contributed by atoms with Crippen molar-refractivity contribution in [2.75, 3.05) is 5.32 Å². The molecule has 0 atom stereocenters. The van der Waals surface area contributed by atoms with Gasteiger partial charge in [0.05, 0.1) is 0 Å². The van der Waals surface area contributed by atoms with Gasteiger partial charge in [-0.2, -0.15) is 0 Å². The summed E-state index contributed by atoms with van der Waals surface area (Å²) in [5.41, 5.74) is 3.47. The molecule has 0 saturated carbocycles. The number of rotatable bonds is 3. The Bertz CT molecular complexity index is 417. The van der Waals surface area contributed by atoms with Crippen LogP contribution in [0, 0.1) is 13.8 Å². The minimum absolute atomic E-state index is 0.784. The SMILES string of the molecule is Cc1cc(C)nc(NCc2cnsc2)c1. The van der Waals surface area contributed by atoms with E-state index in [-0.39, 0.29) is 0 Å². The second kappa shape index (κ2) is 4.40. The van der Waals surface area contributed by atoms with Gasteiger partial charge in [-0.05, 0) is 43.1 Å². The third-order valence-corrected chi connectivity index (χ3v) is 2.69. The Morgan fingerprint density at radius 1 is 1.33 bits per heavy atom. The zero-order valence-electron chi connectivity index (χ0n) is 8.82. The van der Waals surface area contributed by atoms with Crippen molar-refractivity contribution in [3.8, 4) is 0 Å². The maximum Gasteiger partial charge on any atom is 0.126 e. The normalized spacial score (nSPS) is 10.3. The summed E-state index contributed by atoms with van der Waals surface area (Å²) < 4.78 is 4.05. The van der Waals surface area contributed by atoms with Gasteiger partial charge < -0.3 is 5.32 Å². The van der Waals surface area contributed by atoms with Crippen LogP contribution in [-0.2, 0) is 6.54 Å². The van der Waals surface area contributed by atoms with E-state index in [1.165, 1.54) is 22.7 Å². The number of hydrogen-bond acceptors (Lipinski definition) is 4. The Balaban J connectivity index is 2.05. The highest BCUT2D eigenvalue weighted by atomic mass is 32.1. The first-order valence-electron chi connectivity index (χ1n) is 4.81. The molecule has 2 heterocycles. The van der Waals surface area contributed by atoms with E-state index >= 15 is 0 Å². The number of nitrogens with zero attached hydrogens (tertiary/aromatic N) is 2. The van der Waals surface area contributed by atoms with Gasteiger partial charge in [-0.15, -0.1) is 0 Å². The van der Waals surface area contributed by atoms with Crippen LogP contribution < -0.4 is 5.32 Å². The Kier molecular flexibility index (Phi) is 2.97. The Morgan fingerprint density at radius 2 is 2.20 bits per heavy atom. The van der Waals surface area contributed by atoms with E-state index in [0.717, 1.165) is 18.1 Å². The molecule has 0 aromatic carbocycles. The maximum atomic E-state index is 4.41. The van der Waals surface area contributed by atoms with E-state index < -0.39 is 0 Å². The lowest BCUT2D eigenvalue weighted by Crippen LogP contribution is -2.01. The van der Waals surface area contributed by atoms with E-state index in [1.54, 1.807) is 0 Å². The molecule has 0 bridgehead atoms. The largest absolute Gasteiger partial charge is 0.366 e. The zero-order chi connectivity index (χ0) is 10.7. The minimum atomic E-state index is 0.784. The van der Waals surface area contributed by atoms with Crippen LogP contribution in [0.5, 0.6) is 0 Å². The molecule has 2 aromatic rings. The quantitative estimate of drug-likeness (QED) is 0.862. The van der Waals surface area contributed by atoms with Gasteiger partial charge in [0.15, 0.2) is 0 Å². The molecule has 78 valence electrons. The van der Waals surface area contributed by atoms with Crippen molar-refractivity contribution in [3.63, 3.8) is 0 Å². The molecule has 3 nitrogen and oxygen atoms in total. The van der Waals surface area contributed by atoms with Crippen LogP contribution in [0.3, 0.4) is 0 Å². The lowest BCUT2D eigenvalue weighted by Gasteiger charge is -2.05. The lowest BCUT2D eigenvalue weighted by atomic mass is 10.2. The van der Waals surface area contributed by atoms with Crippen molar-refractivity contribution >= 4 is 17.4 Å². The molecule has 0 spiro atoms. The van der Waals surface area contributed by atoms with Gasteiger partial charge in [0.25, 0.3) is 0 Å². The number of hydrogen-bond donors (Lipinski definition) is 1. The van der Waals surface area contributed by atoms with Gasteiger partial charge in [-0.3, -0.25) is 0 Å². The van der Waals surface area contributed by atoms with E-state index in [4.69, 9.17) is 0 Å². The fourth-order valence-electron chi connectivity index (χ4n) is 1.44. The van der Waals surface area contributed by atoms with Crippen molar-refractivity contribution in [3.05, 3.63) is 40.5 Å². The molecule has 0 aliphatic heterocycles. The lowest BCUT2D eigenvalue weighted by molar-refractivity contribution is 1.08. The number of nitrogens with one attached hydrogen (secondary N) is 1. The predicted octanol–water partition coefficient (Wildman–Crippen LogP) is 2.77. The summed E-state index contributed by atoms with van der Waals surface area (Å²) in [7, 11) is 0. The molecule has 2 aromatic heterocycles. The highest BCUT2D eigenvalue weighted by molar-refractivity contribution is 7.03. The minimum Gasteiger partial charge on any atom is -0.366 e. The number of anilines is 1. The summed E-state index contributed by atoms with van der Waals surface area (Å²) in [6.45, 7) is 4.86. The third kappa shape index (κ3) is 2.76. The summed E-state index contributed by atoms with van der Waals surface area (Å²) in [5, 5.41) is 5.32. The van der Waals surface area contributed by atoms with Crippen LogP contribution in [0.1, 0.15) is 16.8 Å². The third-order valence-electron chi connectivity index (χ3n) is 2.05. The molecule has 0 amide bonds. The van der Waals surface area contributed by atoms with E-state index in [0.29, 0.717) is 0 Å². The van der Waals surface area contributed by atoms with Crippen molar-refractivity contribution < 1.29 is 0 Å². The van der Waals surface area contributed by atoms with Crippen LogP contribution in [0.15, 0.2) is 23.7 Å². The van der Waals surface area contributed by atoms with E-state index in [2.05, 4.69) is 27.7 Å². The topological polar surface area (TPSA) is 37.8 Å². The van der Waals surface area contributed by atoms with Crippen LogP contribution in [0.4, 0.5) is 5.82 Å². The molecule has 15 heavy (non-hydrogen) atoms. The molecular weight excluding hydrogens is 206 g/mol. The van der Waals surface area contributed by atoms with Gasteiger partial charge in [0.1, 0.15) is 5.82 Å². The van der Waals surface area contributed by atoms with Crippen molar-refractivity contribution in [2.45, 2.75) is 20.4 Å². The molecule has 0 radical (unpaired) electrons. The standard InChI is InChI=1S/C11H13N3S/c1-8-3-9(2)14-11(4-8)12-5-10-6-13-15-7-10/h3-4,6-7H,5H2,1-2H3,(H,12,14). The van der Waals surface area contributed by atoms with Crippen molar-refractivity contribution in [2.24, 2.45) is 0 Å². The summed E-state index contributed by atoms with van der Waals surface area (Å²) in [6.07, 6.45) is 1.88. The summed E-state index contributed by atoms with van der Waals surface area (Å²) in [6, 6.07) is 4.12. The maximum absolute atomic E-state index is 4.41. The van der Waals surface area contributed by atoms with Crippen molar-refractivity contribution in [1.82, 2.24) is 9.36 Å². The predicted molar refractivity (Wildman–Crippen MR) is 63.2 cm³/mol. The summed E-state index contributed by atoms with van der Waals surface area (Å²) >= 11 is 1.47. The Hall–Kier alpha value is -1.42. The van der Waals surface area contributed by atoms with Crippen LogP contribution >= 0.6 is 11.5 Å². The second-order valence-electron chi connectivity index (χ2n) is 3.56. The first-order chi connectivity index (χ1) is 7.24. The van der Waals surface area contributed by atoms with Gasteiger partial charge in [0.2, 0.25) is 0 Å². The first kappa shape index (κ1) is 10.1. The Labute approximate surface area is 93.4 Å². The summed E-state index contributed by atoms with van der Waals surface area (Å²) in [4.78, 5) is 4.41. The smallest absolute Gasteiger partial charge is 0.126 e. The molecule has 0 fully saturated rings. The molecule has 0 aliphatic carbocycles. The number of aryl methyl sites for hydroxylation is 2. The fourth-order valence-corrected chi connectivity index (χ4v) is 1.98. The summed E-state index contributed by atoms with van der Waals surface area (Å²) in [5.74, 6) is 0.929. The van der Waals surface area contributed by atoms with E-state index in [1.807, 2.05) is 24.6 Å². The van der Waals surface area contributed by atoms with Gasteiger partial charge in [-0.1, -0.05) is 0 Å². The monoisotopic (exact) mass is 219 g/mol. The Morgan fingerprint density at radius 3 is 2.87 bits per heavy atom. The average Bonchev–Trinajstić information content (AvgIpc) is 2.65. The van der Waals surface area contributed by atoms with Crippen LogP contribution in [0.25, 0.3) is 0 Å².